The Labute approximate surface area is 111 Å². The van der Waals surface area contributed by atoms with Crippen LogP contribution in [0.2, 0.25) is 0 Å². The molecule has 19 heavy (non-hydrogen) atoms. The molecular weight excluding hydrogens is 244 g/mol. The Bertz CT molecular complexity index is 552. The minimum absolute atomic E-state index is 0.234. The molecule has 0 aliphatic heterocycles. The Hall–Kier alpha value is -2.11. The fourth-order valence-electron chi connectivity index (χ4n) is 1.95. The van der Waals surface area contributed by atoms with Crippen molar-refractivity contribution < 1.29 is 9.90 Å². The van der Waals surface area contributed by atoms with Gasteiger partial charge in [-0.25, -0.2) is 9.50 Å². The zero-order valence-electron chi connectivity index (χ0n) is 10.9. The van der Waals surface area contributed by atoms with Gasteiger partial charge in [0.25, 0.3) is 0 Å². The molecule has 2 N–H and O–H groups in total. The highest BCUT2D eigenvalue weighted by Crippen LogP contribution is 2.14. The van der Waals surface area contributed by atoms with Crippen LogP contribution in [0.3, 0.4) is 0 Å². The van der Waals surface area contributed by atoms with Crippen molar-refractivity contribution in [2.24, 2.45) is 5.92 Å². The first-order valence-corrected chi connectivity index (χ1v) is 6.41. The third-order valence-corrected chi connectivity index (χ3v) is 3.11. The summed E-state index contributed by atoms with van der Waals surface area (Å²) < 4.78 is 1.77. The van der Waals surface area contributed by atoms with Crippen molar-refractivity contribution in [3.05, 3.63) is 24.7 Å². The number of hydrogen-bond donors (Lipinski definition) is 2. The van der Waals surface area contributed by atoms with E-state index in [-0.39, 0.29) is 6.42 Å². The molecule has 0 saturated carbocycles. The standard InChI is InChI=1S/C13H18N4O2/c1-10(2-3-12(18)19)4-6-14-13-11-5-7-16-17(11)9-8-15-13/h5,7-10H,2-4,6H2,1H3,(H,14,15)(H,18,19). The minimum atomic E-state index is -0.731. The maximum absolute atomic E-state index is 10.5. The van der Waals surface area contributed by atoms with E-state index >= 15 is 0 Å². The van der Waals surface area contributed by atoms with Crippen LogP contribution in [0.25, 0.3) is 5.52 Å². The predicted octanol–water partition coefficient (Wildman–Crippen LogP) is 2.03. The minimum Gasteiger partial charge on any atom is -0.481 e. The highest BCUT2D eigenvalue weighted by atomic mass is 16.4. The lowest BCUT2D eigenvalue weighted by Gasteiger charge is -2.11. The van der Waals surface area contributed by atoms with Crippen LogP contribution in [-0.4, -0.2) is 32.2 Å². The van der Waals surface area contributed by atoms with Crippen molar-refractivity contribution in [2.45, 2.75) is 26.2 Å². The van der Waals surface area contributed by atoms with Gasteiger partial charge in [-0.1, -0.05) is 6.92 Å². The van der Waals surface area contributed by atoms with Gasteiger partial charge in [-0.2, -0.15) is 5.10 Å². The van der Waals surface area contributed by atoms with Crippen LogP contribution < -0.4 is 5.32 Å². The van der Waals surface area contributed by atoms with Gasteiger partial charge in [0, 0.05) is 25.4 Å². The number of hydrogen-bond acceptors (Lipinski definition) is 4. The predicted molar refractivity (Wildman–Crippen MR) is 72.1 cm³/mol. The molecule has 2 rings (SSSR count). The van der Waals surface area contributed by atoms with Gasteiger partial charge >= 0.3 is 5.97 Å². The molecule has 2 aromatic heterocycles. The number of nitrogens with zero attached hydrogens (tertiary/aromatic N) is 3. The summed E-state index contributed by atoms with van der Waals surface area (Å²) in [5.41, 5.74) is 0.945. The Balaban J connectivity index is 1.82. The summed E-state index contributed by atoms with van der Waals surface area (Å²) in [6.07, 6.45) is 7.10. The van der Waals surface area contributed by atoms with Crippen molar-refractivity contribution in [3.63, 3.8) is 0 Å². The number of fused-ring (bicyclic) bond motifs is 1. The fourth-order valence-corrected chi connectivity index (χ4v) is 1.95. The molecule has 0 aliphatic rings. The smallest absolute Gasteiger partial charge is 0.303 e. The van der Waals surface area contributed by atoms with E-state index in [2.05, 4.69) is 22.3 Å². The molecule has 2 aromatic rings. The quantitative estimate of drug-likeness (QED) is 0.798. The molecule has 0 aliphatic carbocycles. The molecule has 1 atom stereocenters. The van der Waals surface area contributed by atoms with E-state index < -0.39 is 5.97 Å². The van der Waals surface area contributed by atoms with Gasteiger partial charge in [0.05, 0.1) is 6.20 Å². The molecule has 0 radical (unpaired) electrons. The maximum Gasteiger partial charge on any atom is 0.303 e. The Morgan fingerprint density at radius 2 is 2.32 bits per heavy atom. The summed E-state index contributed by atoms with van der Waals surface area (Å²) in [7, 11) is 0. The van der Waals surface area contributed by atoms with Gasteiger partial charge in [0.1, 0.15) is 5.52 Å². The van der Waals surface area contributed by atoms with Gasteiger partial charge < -0.3 is 10.4 Å². The summed E-state index contributed by atoms with van der Waals surface area (Å²) in [4.78, 5) is 14.8. The van der Waals surface area contributed by atoms with E-state index in [0.29, 0.717) is 12.3 Å². The summed E-state index contributed by atoms with van der Waals surface area (Å²) in [5.74, 6) is 0.462. The molecule has 0 spiro atoms. The second kappa shape index (κ2) is 6.17. The van der Waals surface area contributed by atoms with E-state index in [1.165, 1.54) is 0 Å². The number of aromatic nitrogens is 3. The molecule has 0 aromatic carbocycles. The number of carboxylic acids is 1. The number of anilines is 1. The summed E-state index contributed by atoms with van der Waals surface area (Å²) >= 11 is 0. The van der Waals surface area contributed by atoms with E-state index in [0.717, 1.165) is 24.3 Å². The van der Waals surface area contributed by atoms with Crippen molar-refractivity contribution in [3.8, 4) is 0 Å². The molecule has 0 saturated heterocycles. The highest BCUT2D eigenvalue weighted by Gasteiger charge is 2.06. The van der Waals surface area contributed by atoms with E-state index in [9.17, 15) is 4.79 Å². The normalized spacial score (nSPS) is 12.5. The largest absolute Gasteiger partial charge is 0.481 e. The maximum atomic E-state index is 10.5. The van der Waals surface area contributed by atoms with E-state index in [1.54, 1.807) is 23.1 Å². The average Bonchev–Trinajstić information content (AvgIpc) is 2.85. The van der Waals surface area contributed by atoms with Gasteiger partial charge in [-0.05, 0) is 24.8 Å². The zero-order valence-corrected chi connectivity index (χ0v) is 10.9. The van der Waals surface area contributed by atoms with Gasteiger partial charge in [0.15, 0.2) is 5.82 Å². The van der Waals surface area contributed by atoms with Crippen molar-refractivity contribution in [1.29, 1.82) is 0 Å². The van der Waals surface area contributed by atoms with Crippen molar-refractivity contribution in [1.82, 2.24) is 14.6 Å². The van der Waals surface area contributed by atoms with Crippen LogP contribution in [0.5, 0.6) is 0 Å². The van der Waals surface area contributed by atoms with E-state index in [4.69, 9.17) is 5.11 Å². The van der Waals surface area contributed by atoms with Crippen molar-refractivity contribution in [2.75, 3.05) is 11.9 Å². The zero-order chi connectivity index (χ0) is 13.7. The van der Waals surface area contributed by atoms with Crippen molar-refractivity contribution >= 4 is 17.3 Å². The Morgan fingerprint density at radius 1 is 1.47 bits per heavy atom. The fraction of sp³-hybridized carbons (Fsp3) is 0.462. The summed E-state index contributed by atoms with van der Waals surface area (Å²) in [6.45, 7) is 2.84. The third kappa shape index (κ3) is 3.67. The van der Waals surface area contributed by atoms with Gasteiger partial charge in [-0.3, -0.25) is 4.79 Å². The number of rotatable bonds is 7. The van der Waals surface area contributed by atoms with Gasteiger partial charge in [0.2, 0.25) is 0 Å². The molecule has 6 heteroatoms. The van der Waals surface area contributed by atoms with Crippen LogP contribution in [0.1, 0.15) is 26.2 Å². The molecular formula is C13H18N4O2. The second-order valence-electron chi connectivity index (χ2n) is 4.69. The molecule has 102 valence electrons. The average molecular weight is 262 g/mol. The number of aliphatic carboxylic acids is 1. The lowest BCUT2D eigenvalue weighted by Crippen LogP contribution is -2.10. The van der Waals surface area contributed by atoms with Crippen LogP contribution in [0.15, 0.2) is 24.7 Å². The lowest BCUT2D eigenvalue weighted by atomic mass is 10.0. The molecule has 6 nitrogen and oxygen atoms in total. The summed E-state index contributed by atoms with van der Waals surface area (Å²) in [6, 6.07) is 1.91. The lowest BCUT2D eigenvalue weighted by molar-refractivity contribution is -0.137. The van der Waals surface area contributed by atoms with Crippen LogP contribution in [0, 0.1) is 5.92 Å². The third-order valence-electron chi connectivity index (χ3n) is 3.11. The first-order chi connectivity index (χ1) is 9.16. The van der Waals surface area contributed by atoms with Crippen LogP contribution in [0.4, 0.5) is 5.82 Å². The monoisotopic (exact) mass is 262 g/mol. The topological polar surface area (TPSA) is 79.5 Å². The first-order valence-electron chi connectivity index (χ1n) is 6.41. The van der Waals surface area contributed by atoms with E-state index in [1.807, 2.05) is 6.07 Å². The number of carboxylic acid groups (broad SMARTS) is 1. The molecule has 0 fully saturated rings. The highest BCUT2D eigenvalue weighted by molar-refractivity contribution is 5.67. The molecule has 1 unspecified atom stereocenters. The SMILES string of the molecule is CC(CCNc1nccn2nccc12)CCC(=O)O. The number of carbonyl (C=O) groups is 1. The Morgan fingerprint density at radius 3 is 3.11 bits per heavy atom. The first kappa shape index (κ1) is 13.3. The molecule has 0 amide bonds. The van der Waals surface area contributed by atoms with Crippen LogP contribution >= 0.6 is 0 Å². The second-order valence-corrected chi connectivity index (χ2v) is 4.69. The molecule has 2 heterocycles. The Kier molecular flexibility index (Phi) is 4.33. The number of nitrogens with one attached hydrogen (secondary N) is 1. The van der Waals surface area contributed by atoms with Crippen LogP contribution in [-0.2, 0) is 4.79 Å². The summed E-state index contributed by atoms with van der Waals surface area (Å²) in [5, 5.41) is 16.0. The van der Waals surface area contributed by atoms with Gasteiger partial charge in [-0.15, -0.1) is 0 Å². The molecule has 0 bridgehead atoms.